The first kappa shape index (κ1) is 17.3. The van der Waals surface area contributed by atoms with Crippen molar-refractivity contribution >= 4 is 11.9 Å². The molecule has 2 unspecified atom stereocenters. The molecule has 0 aliphatic heterocycles. The Balaban J connectivity index is 1.94. The second-order valence-corrected chi connectivity index (χ2v) is 6.12. The van der Waals surface area contributed by atoms with Gasteiger partial charge in [-0.05, 0) is 43.4 Å². The number of ether oxygens (including phenoxy) is 1. The van der Waals surface area contributed by atoms with Gasteiger partial charge in [-0.1, -0.05) is 32.3 Å². The molecule has 1 fully saturated rings. The molecule has 23 heavy (non-hydrogen) atoms. The molecule has 1 aromatic rings. The standard InChI is InChI=1S/C18H25NO4/c1-2-3-6-13-7-5-10-16(13)19-18(22)14-8-4-9-15(11-14)23-12-17(20)21/h4,8-9,11,13,16H,2-3,5-7,10,12H2,1H3,(H,19,22)(H,20,21). The van der Waals surface area contributed by atoms with E-state index in [4.69, 9.17) is 9.84 Å². The van der Waals surface area contributed by atoms with Crippen LogP contribution in [-0.2, 0) is 4.79 Å². The monoisotopic (exact) mass is 319 g/mol. The van der Waals surface area contributed by atoms with E-state index in [0.717, 1.165) is 6.42 Å². The van der Waals surface area contributed by atoms with E-state index in [-0.39, 0.29) is 11.9 Å². The van der Waals surface area contributed by atoms with Crippen molar-refractivity contribution in [3.05, 3.63) is 29.8 Å². The summed E-state index contributed by atoms with van der Waals surface area (Å²) in [7, 11) is 0. The van der Waals surface area contributed by atoms with Gasteiger partial charge in [-0.2, -0.15) is 0 Å². The molecular formula is C18H25NO4. The smallest absolute Gasteiger partial charge is 0.341 e. The zero-order valence-electron chi connectivity index (χ0n) is 13.6. The molecule has 1 aliphatic rings. The van der Waals surface area contributed by atoms with Crippen LogP contribution in [0.25, 0.3) is 0 Å². The Morgan fingerprint density at radius 3 is 2.91 bits per heavy atom. The third-order valence-corrected chi connectivity index (χ3v) is 4.36. The molecule has 2 rings (SSSR count). The summed E-state index contributed by atoms with van der Waals surface area (Å²) in [5.41, 5.74) is 0.508. The van der Waals surface area contributed by atoms with Crippen LogP contribution in [0, 0.1) is 5.92 Å². The van der Waals surface area contributed by atoms with E-state index in [2.05, 4.69) is 12.2 Å². The van der Waals surface area contributed by atoms with Crippen molar-refractivity contribution < 1.29 is 19.4 Å². The van der Waals surface area contributed by atoms with E-state index >= 15 is 0 Å². The summed E-state index contributed by atoms with van der Waals surface area (Å²) in [6, 6.07) is 6.92. The molecule has 0 heterocycles. The number of carboxylic acid groups (broad SMARTS) is 1. The molecule has 1 aliphatic carbocycles. The van der Waals surface area contributed by atoms with Crippen molar-refractivity contribution in [1.82, 2.24) is 5.32 Å². The second kappa shape index (κ2) is 8.56. The molecule has 126 valence electrons. The fraction of sp³-hybridized carbons (Fsp3) is 0.556. The lowest BCUT2D eigenvalue weighted by Crippen LogP contribution is -2.37. The van der Waals surface area contributed by atoms with Gasteiger partial charge in [0.25, 0.3) is 5.91 Å². The maximum Gasteiger partial charge on any atom is 0.341 e. The normalized spacial score (nSPS) is 20.2. The Hall–Kier alpha value is -2.04. The fourth-order valence-corrected chi connectivity index (χ4v) is 3.16. The first-order valence-corrected chi connectivity index (χ1v) is 8.35. The summed E-state index contributed by atoms with van der Waals surface area (Å²) in [4.78, 5) is 23.0. The van der Waals surface area contributed by atoms with Crippen LogP contribution in [0.3, 0.4) is 0 Å². The predicted molar refractivity (Wildman–Crippen MR) is 87.7 cm³/mol. The Labute approximate surface area is 137 Å². The molecule has 1 saturated carbocycles. The van der Waals surface area contributed by atoms with E-state index in [9.17, 15) is 9.59 Å². The highest BCUT2D eigenvalue weighted by molar-refractivity contribution is 5.94. The van der Waals surface area contributed by atoms with Crippen LogP contribution in [-0.4, -0.2) is 29.6 Å². The number of rotatable bonds is 8. The molecule has 0 bridgehead atoms. The van der Waals surface area contributed by atoms with Gasteiger partial charge in [0.2, 0.25) is 0 Å². The van der Waals surface area contributed by atoms with Gasteiger partial charge in [0, 0.05) is 11.6 Å². The van der Waals surface area contributed by atoms with Crippen LogP contribution in [0.4, 0.5) is 0 Å². The summed E-state index contributed by atoms with van der Waals surface area (Å²) in [6.45, 7) is 1.78. The maximum absolute atomic E-state index is 12.4. The number of carboxylic acids is 1. The first-order valence-electron chi connectivity index (χ1n) is 8.35. The Morgan fingerprint density at radius 1 is 1.35 bits per heavy atom. The van der Waals surface area contributed by atoms with E-state index < -0.39 is 12.6 Å². The minimum absolute atomic E-state index is 0.112. The van der Waals surface area contributed by atoms with Gasteiger partial charge in [-0.15, -0.1) is 0 Å². The highest BCUT2D eigenvalue weighted by atomic mass is 16.5. The van der Waals surface area contributed by atoms with Gasteiger partial charge in [0.15, 0.2) is 6.61 Å². The van der Waals surface area contributed by atoms with Crippen molar-refractivity contribution in [2.24, 2.45) is 5.92 Å². The number of benzene rings is 1. The summed E-state index contributed by atoms with van der Waals surface area (Å²) < 4.78 is 5.12. The minimum atomic E-state index is -1.04. The summed E-state index contributed by atoms with van der Waals surface area (Å²) in [5, 5.41) is 11.8. The van der Waals surface area contributed by atoms with Crippen LogP contribution in [0.15, 0.2) is 24.3 Å². The lowest BCUT2D eigenvalue weighted by Gasteiger charge is -2.21. The first-order chi connectivity index (χ1) is 11.1. The zero-order chi connectivity index (χ0) is 16.7. The molecule has 0 aromatic heterocycles. The number of unbranched alkanes of at least 4 members (excludes halogenated alkanes) is 1. The van der Waals surface area contributed by atoms with Crippen LogP contribution >= 0.6 is 0 Å². The zero-order valence-corrected chi connectivity index (χ0v) is 13.6. The molecule has 5 heteroatoms. The van der Waals surface area contributed by atoms with Crippen LogP contribution in [0.1, 0.15) is 55.8 Å². The van der Waals surface area contributed by atoms with Crippen molar-refractivity contribution in [3.63, 3.8) is 0 Å². The number of carbonyl (C=O) groups excluding carboxylic acids is 1. The number of aliphatic carboxylic acids is 1. The molecule has 0 saturated heterocycles. The number of carbonyl (C=O) groups is 2. The fourth-order valence-electron chi connectivity index (χ4n) is 3.16. The number of hydrogen-bond acceptors (Lipinski definition) is 3. The number of hydrogen-bond donors (Lipinski definition) is 2. The van der Waals surface area contributed by atoms with Gasteiger partial charge in [-0.3, -0.25) is 4.79 Å². The summed E-state index contributed by atoms with van der Waals surface area (Å²) in [6.07, 6.45) is 6.95. The molecule has 1 aromatic carbocycles. The topological polar surface area (TPSA) is 75.6 Å². The van der Waals surface area contributed by atoms with Gasteiger partial charge in [0.05, 0.1) is 0 Å². The van der Waals surface area contributed by atoms with E-state index in [1.807, 2.05) is 0 Å². The van der Waals surface area contributed by atoms with Crippen LogP contribution in [0.2, 0.25) is 0 Å². The molecular weight excluding hydrogens is 294 g/mol. The third-order valence-electron chi connectivity index (χ3n) is 4.36. The van der Waals surface area contributed by atoms with Gasteiger partial charge in [0.1, 0.15) is 5.75 Å². The lowest BCUT2D eigenvalue weighted by molar-refractivity contribution is -0.139. The van der Waals surface area contributed by atoms with E-state index in [0.29, 0.717) is 17.2 Å². The maximum atomic E-state index is 12.4. The molecule has 5 nitrogen and oxygen atoms in total. The SMILES string of the molecule is CCCCC1CCCC1NC(=O)c1cccc(OCC(=O)O)c1. The molecule has 0 radical (unpaired) electrons. The van der Waals surface area contributed by atoms with Crippen molar-refractivity contribution in [2.75, 3.05) is 6.61 Å². The van der Waals surface area contributed by atoms with E-state index in [1.165, 1.54) is 32.1 Å². The minimum Gasteiger partial charge on any atom is -0.482 e. The summed E-state index contributed by atoms with van der Waals surface area (Å²) in [5.74, 6) is -0.178. The number of amides is 1. The molecule has 2 atom stereocenters. The Morgan fingerprint density at radius 2 is 2.17 bits per heavy atom. The predicted octanol–water partition coefficient (Wildman–Crippen LogP) is 3.24. The third kappa shape index (κ3) is 5.27. The highest BCUT2D eigenvalue weighted by Gasteiger charge is 2.28. The number of nitrogens with one attached hydrogen (secondary N) is 1. The van der Waals surface area contributed by atoms with E-state index in [1.54, 1.807) is 24.3 Å². The average Bonchev–Trinajstić information content (AvgIpc) is 2.98. The van der Waals surface area contributed by atoms with Gasteiger partial charge in [-0.25, -0.2) is 4.79 Å². The van der Waals surface area contributed by atoms with Crippen molar-refractivity contribution in [2.45, 2.75) is 51.5 Å². The molecule has 0 spiro atoms. The van der Waals surface area contributed by atoms with Crippen molar-refractivity contribution in [3.8, 4) is 5.75 Å². The molecule has 1 amide bonds. The van der Waals surface area contributed by atoms with Crippen molar-refractivity contribution in [1.29, 1.82) is 0 Å². The lowest BCUT2D eigenvalue weighted by atomic mass is 9.96. The van der Waals surface area contributed by atoms with Crippen LogP contribution < -0.4 is 10.1 Å². The van der Waals surface area contributed by atoms with Crippen LogP contribution in [0.5, 0.6) is 5.75 Å². The quantitative estimate of drug-likeness (QED) is 0.771. The molecule has 2 N–H and O–H groups in total. The average molecular weight is 319 g/mol. The Kier molecular flexibility index (Phi) is 6.44. The Bertz CT molecular complexity index is 544. The second-order valence-electron chi connectivity index (χ2n) is 6.12. The van der Waals surface area contributed by atoms with Gasteiger partial charge < -0.3 is 15.2 Å². The largest absolute Gasteiger partial charge is 0.482 e. The van der Waals surface area contributed by atoms with Gasteiger partial charge >= 0.3 is 5.97 Å². The summed E-state index contributed by atoms with van der Waals surface area (Å²) >= 11 is 0. The highest BCUT2D eigenvalue weighted by Crippen LogP contribution is 2.30.